The van der Waals surface area contributed by atoms with Crippen LogP contribution in [0.1, 0.15) is 24.5 Å². The summed E-state index contributed by atoms with van der Waals surface area (Å²) in [6.45, 7) is 3.84. The summed E-state index contributed by atoms with van der Waals surface area (Å²) < 4.78 is 11.0. The van der Waals surface area contributed by atoms with E-state index in [1.54, 1.807) is 31.2 Å². The fourth-order valence-corrected chi connectivity index (χ4v) is 2.35. The number of carbonyl (C=O) groups excluding carboxylic acids is 1. The van der Waals surface area contributed by atoms with Crippen LogP contribution in [0.15, 0.2) is 36.4 Å². The minimum absolute atomic E-state index is 0.161. The lowest BCUT2D eigenvalue weighted by Gasteiger charge is -2.13. The van der Waals surface area contributed by atoms with E-state index in [2.05, 4.69) is 0 Å². The molecule has 2 aromatic carbocycles. The minimum atomic E-state index is -0.322. The van der Waals surface area contributed by atoms with Crippen molar-refractivity contribution in [2.45, 2.75) is 26.9 Å². The van der Waals surface area contributed by atoms with E-state index in [1.165, 1.54) is 0 Å². The Morgan fingerprint density at radius 3 is 2.55 bits per heavy atom. The SMILES string of the molecule is CCC(=O)Oc1cccc(Cl)c1COc1ccc(C)cc1Cl. The molecule has 0 amide bonds. The summed E-state index contributed by atoms with van der Waals surface area (Å²) in [5.41, 5.74) is 1.66. The quantitative estimate of drug-likeness (QED) is 0.555. The molecule has 5 heteroatoms. The van der Waals surface area contributed by atoms with Crippen LogP contribution < -0.4 is 9.47 Å². The summed E-state index contributed by atoms with van der Waals surface area (Å²) >= 11 is 12.3. The number of ether oxygens (including phenoxy) is 2. The molecule has 0 fully saturated rings. The lowest BCUT2D eigenvalue weighted by atomic mass is 10.2. The van der Waals surface area contributed by atoms with Gasteiger partial charge in [-0.3, -0.25) is 4.79 Å². The fraction of sp³-hybridized carbons (Fsp3) is 0.235. The smallest absolute Gasteiger partial charge is 0.310 e. The molecule has 0 aliphatic heterocycles. The van der Waals surface area contributed by atoms with Crippen molar-refractivity contribution < 1.29 is 14.3 Å². The van der Waals surface area contributed by atoms with Gasteiger partial charge in [-0.2, -0.15) is 0 Å². The first-order chi connectivity index (χ1) is 10.5. The Labute approximate surface area is 139 Å². The lowest BCUT2D eigenvalue weighted by Crippen LogP contribution is -2.09. The van der Waals surface area contributed by atoms with Crippen LogP contribution >= 0.6 is 23.2 Å². The van der Waals surface area contributed by atoms with Crippen molar-refractivity contribution in [1.29, 1.82) is 0 Å². The highest BCUT2D eigenvalue weighted by Crippen LogP contribution is 2.31. The molecule has 0 radical (unpaired) electrons. The molecule has 0 aromatic heterocycles. The molecular weight excluding hydrogens is 323 g/mol. The standard InChI is InChI=1S/C17H16Cl2O3/c1-3-17(20)22-15-6-4-5-13(18)12(15)10-21-16-8-7-11(2)9-14(16)19/h4-9H,3,10H2,1-2H3. The zero-order chi connectivity index (χ0) is 16.1. The molecule has 0 bridgehead atoms. The molecule has 0 aliphatic carbocycles. The van der Waals surface area contributed by atoms with Gasteiger partial charge >= 0.3 is 5.97 Å². The Kier molecular flexibility index (Phi) is 5.69. The number of rotatable bonds is 5. The maximum atomic E-state index is 11.5. The van der Waals surface area contributed by atoms with Crippen LogP contribution in [-0.2, 0) is 11.4 Å². The predicted octanol–water partition coefficient (Wildman–Crippen LogP) is 5.20. The molecule has 0 unspecified atom stereocenters. The lowest BCUT2D eigenvalue weighted by molar-refractivity contribution is -0.134. The summed E-state index contributed by atoms with van der Waals surface area (Å²) in [4.78, 5) is 11.5. The number of carbonyl (C=O) groups is 1. The second kappa shape index (κ2) is 7.52. The van der Waals surface area contributed by atoms with Crippen molar-refractivity contribution in [2.75, 3.05) is 0 Å². The van der Waals surface area contributed by atoms with E-state index < -0.39 is 0 Å². The van der Waals surface area contributed by atoms with E-state index in [0.29, 0.717) is 27.1 Å². The molecule has 0 spiro atoms. The number of hydrogen-bond acceptors (Lipinski definition) is 3. The van der Waals surface area contributed by atoms with Crippen molar-refractivity contribution >= 4 is 29.2 Å². The van der Waals surface area contributed by atoms with Crippen molar-refractivity contribution in [1.82, 2.24) is 0 Å². The molecule has 22 heavy (non-hydrogen) atoms. The van der Waals surface area contributed by atoms with Gasteiger partial charge in [0.15, 0.2) is 0 Å². The Balaban J connectivity index is 2.19. The molecule has 0 saturated carbocycles. The Morgan fingerprint density at radius 2 is 1.86 bits per heavy atom. The molecular formula is C17H16Cl2O3. The van der Waals surface area contributed by atoms with E-state index in [9.17, 15) is 4.79 Å². The monoisotopic (exact) mass is 338 g/mol. The van der Waals surface area contributed by atoms with Crippen LogP contribution in [0.2, 0.25) is 10.0 Å². The van der Waals surface area contributed by atoms with E-state index in [-0.39, 0.29) is 19.0 Å². The van der Waals surface area contributed by atoms with Gasteiger partial charge in [-0.05, 0) is 36.8 Å². The summed E-state index contributed by atoms with van der Waals surface area (Å²) in [7, 11) is 0. The average Bonchev–Trinajstić information content (AvgIpc) is 2.48. The van der Waals surface area contributed by atoms with Gasteiger partial charge in [0.05, 0.1) is 15.6 Å². The normalized spacial score (nSPS) is 10.4. The Morgan fingerprint density at radius 1 is 1.09 bits per heavy atom. The van der Waals surface area contributed by atoms with Crippen LogP contribution in [-0.4, -0.2) is 5.97 Å². The molecule has 0 aliphatic rings. The van der Waals surface area contributed by atoms with E-state index in [4.69, 9.17) is 32.7 Å². The molecule has 116 valence electrons. The maximum Gasteiger partial charge on any atom is 0.310 e. The van der Waals surface area contributed by atoms with Crippen LogP contribution in [0.5, 0.6) is 11.5 Å². The van der Waals surface area contributed by atoms with Crippen LogP contribution in [0.4, 0.5) is 0 Å². The molecule has 2 aromatic rings. The van der Waals surface area contributed by atoms with Gasteiger partial charge in [0.1, 0.15) is 18.1 Å². The third-order valence-corrected chi connectivity index (χ3v) is 3.70. The van der Waals surface area contributed by atoms with Gasteiger partial charge < -0.3 is 9.47 Å². The molecule has 2 rings (SSSR count). The van der Waals surface area contributed by atoms with Gasteiger partial charge in [-0.15, -0.1) is 0 Å². The Bertz CT molecular complexity index is 684. The highest BCUT2D eigenvalue weighted by molar-refractivity contribution is 6.32. The average molecular weight is 339 g/mol. The van der Waals surface area contributed by atoms with Crippen molar-refractivity contribution in [2.24, 2.45) is 0 Å². The zero-order valence-electron chi connectivity index (χ0n) is 12.4. The second-order valence-electron chi connectivity index (χ2n) is 4.77. The molecule has 0 saturated heterocycles. The van der Waals surface area contributed by atoms with Crippen LogP contribution in [0, 0.1) is 6.92 Å². The first-order valence-electron chi connectivity index (χ1n) is 6.88. The third kappa shape index (κ3) is 4.15. The predicted molar refractivity (Wildman–Crippen MR) is 87.9 cm³/mol. The number of benzene rings is 2. The molecule has 0 atom stereocenters. The number of hydrogen-bond donors (Lipinski definition) is 0. The molecule has 0 heterocycles. The molecule has 3 nitrogen and oxygen atoms in total. The third-order valence-electron chi connectivity index (χ3n) is 3.05. The summed E-state index contributed by atoms with van der Waals surface area (Å²) in [5.74, 6) is 0.638. The van der Waals surface area contributed by atoms with Gasteiger partial charge in [0.25, 0.3) is 0 Å². The van der Waals surface area contributed by atoms with E-state index in [0.717, 1.165) is 5.56 Å². The topological polar surface area (TPSA) is 35.5 Å². The van der Waals surface area contributed by atoms with Gasteiger partial charge in [0, 0.05) is 6.42 Å². The van der Waals surface area contributed by atoms with Gasteiger partial charge in [0.2, 0.25) is 0 Å². The summed E-state index contributed by atoms with van der Waals surface area (Å²) in [6.07, 6.45) is 0.288. The molecule has 0 N–H and O–H groups in total. The maximum absolute atomic E-state index is 11.5. The fourth-order valence-electron chi connectivity index (χ4n) is 1.84. The zero-order valence-corrected chi connectivity index (χ0v) is 13.9. The van der Waals surface area contributed by atoms with Crippen molar-refractivity contribution in [3.63, 3.8) is 0 Å². The summed E-state index contributed by atoms with van der Waals surface area (Å²) in [6, 6.07) is 10.7. The van der Waals surface area contributed by atoms with Gasteiger partial charge in [-0.1, -0.05) is 42.3 Å². The number of esters is 1. The highest BCUT2D eigenvalue weighted by atomic mass is 35.5. The number of aryl methyl sites for hydroxylation is 1. The minimum Gasteiger partial charge on any atom is -0.487 e. The van der Waals surface area contributed by atoms with Crippen molar-refractivity contribution in [3.8, 4) is 11.5 Å². The number of halogens is 2. The Hall–Kier alpha value is -1.71. The highest BCUT2D eigenvalue weighted by Gasteiger charge is 2.13. The van der Waals surface area contributed by atoms with E-state index in [1.807, 2.05) is 19.1 Å². The first kappa shape index (κ1) is 16.7. The van der Waals surface area contributed by atoms with Gasteiger partial charge in [-0.25, -0.2) is 0 Å². The summed E-state index contributed by atoms with van der Waals surface area (Å²) in [5, 5.41) is 1.00. The second-order valence-corrected chi connectivity index (χ2v) is 5.58. The van der Waals surface area contributed by atoms with E-state index >= 15 is 0 Å². The van der Waals surface area contributed by atoms with Crippen LogP contribution in [0.25, 0.3) is 0 Å². The largest absolute Gasteiger partial charge is 0.487 e. The van der Waals surface area contributed by atoms with Crippen LogP contribution in [0.3, 0.4) is 0 Å². The van der Waals surface area contributed by atoms with Crippen molar-refractivity contribution in [3.05, 3.63) is 57.6 Å². The first-order valence-corrected chi connectivity index (χ1v) is 7.64.